The minimum absolute atomic E-state index is 0.224. The summed E-state index contributed by atoms with van der Waals surface area (Å²) in [5.41, 5.74) is 8.55. The predicted octanol–water partition coefficient (Wildman–Crippen LogP) is 5.16. The summed E-state index contributed by atoms with van der Waals surface area (Å²) in [4.78, 5) is 12.7. The molecular weight excluding hydrogens is 367 g/mol. The molecule has 132 valence electrons. The lowest BCUT2D eigenvalue weighted by atomic mass is 9.93. The molecule has 2 atom stereocenters. The summed E-state index contributed by atoms with van der Waals surface area (Å²) < 4.78 is 0. The highest BCUT2D eigenvalue weighted by Crippen LogP contribution is 2.34. The molecule has 3 nitrogen and oxygen atoms in total. The second-order valence-electron chi connectivity index (χ2n) is 5.89. The van der Waals surface area contributed by atoms with Gasteiger partial charge >= 0.3 is 0 Å². The van der Waals surface area contributed by atoms with Crippen LogP contribution in [0.4, 0.5) is 0 Å². The Morgan fingerprint density at radius 1 is 0.769 bits per heavy atom. The Balaban J connectivity index is 1.99. The van der Waals surface area contributed by atoms with Gasteiger partial charge in [0.25, 0.3) is 5.91 Å². The van der Waals surface area contributed by atoms with Crippen LogP contribution in [0.5, 0.6) is 0 Å². The molecule has 0 heterocycles. The van der Waals surface area contributed by atoms with Crippen molar-refractivity contribution in [2.75, 3.05) is 0 Å². The van der Waals surface area contributed by atoms with Gasteiger partial charge < -0.3 is 11.1 Å². The van der Waals surface area contributed by atoms with Crippen molar-refractivity contribution in [2.24, 2.45) is 5.73 Å². The first-order valence-electron chi connectivity index (χ1n) is 8.18. The number of benzene rings is 3. The quantitative estimate of drug-likeness (QED) is 0.637. The number of halogens is 2. The molecule has 0 bridgehead atoms. The molecule has 0 unspecified atom stereocenters. The molecule has 0 radical (unpaired) electrons. The molecule has 3 N–H and O–H groups in total. The third-order valence-electron chi connectivity index (χ3n) is 4.19. The summed E-state index contributed by atoms with van der Waals surface area (Å²) in [7, 11) is 0. The third kappa shape index (κ3) is 4.07. The first-order valence-corrected chi connectivity index (χ1v) is 8.94. The van der Waals surface area contributed by atoms with Crippen molar-refractivity contribution in [1.29, 1.82) is 0 Å². The second kappa shape index (κ2) is 8.37. The highest BCUT2D eigenvalue weighted by Gasteiger charge is 2.26. The van der Waals surface area contributed by atoms with Gasteiger partial charge in [0.2, 0.25) is 0 Å². The van der Waals surface area contributed by atoms with Crippen molar-refractivity contribution in [3.8, 4) is 0 Å². The van der Waals surface area contributed by atoms with Crippen LogP contribution in [-0.2, 0) is 0 Å². The van der Waals surface area contributed by atoms with E-state index in [1.807, 2.05) is 54.6 Å². The van der Waals surface area contributed by atoms with Gasteiger partial charge in [-0.05, 0) is 35.4 Å². The minimum Gasteiger partial charge on any atom is -0.343 e. The summed E-state index contributed by atoms with van der Waals surface area (Å²) in [6, 6.07) is 22.6. The lowest BCUT2D eigenvalue weighted by Gasteiger charge is -2.27. The number of carbonyl (C=O) groups excluding carboxylic acids is 1. The lowest BCUT2D eigenvalue weighted by molar-refractivity contribution is 0.0930. The fourth-order valence-corrected chi connectivity index (χ4v) is 3.34. The summed E-state index contributed by atoms with van der Waals surface area (Å²) >= 11 is 12.7. The summed E-state index contributed by atoms with van der Waals surface area (Å²) in [5.74, 6) is -0.224. The molecule has 0 fully saturated rings. The molecular formula is C21H18Cl2N2O. The van der Waals surface area contributed by atoms with Crippen LogP contribution >= 0.6 is 23.2 Å². The van der Waals surface area contributed by atoms with E-state index >= 15 is 0 Å². The van der Waals surface area contributed by atoms with E-state index in [9.17, 15) is 4.79 Å². The van der Waals surface area contributed by atoms with Crippen LogP contribution in [0.3, 0.4) is 0 Å². The summed E-state index contributed by atoms with van der Waals surface area (Å²) in [6.07, 6.45) is 0. The van der Waals surface area contributed by atoms with Crippen LogP contribution in [0.25, 0.3) is 0 Å². The Kier molecular flexibility index (Phi) is 5.94. The van der Waals surface area contributed by atoms with Gasteiger partial charge in [0.05, 0.1) is 12.1 Å². The summed E-state index contributed by atoms with van der Waals surface area (Å²) in [6.45, 7) is 0. The molecule has 0 spiro atoms. The van der Waals surface area contributed by atoms with E-state index in [0.717, 1.165) is 11.1 Å². The molecule has 5 heteroatoms. The van der Waals surface area contributed by atoms with Gasteiger partial charge in [0.1, 0.15) is 0 Å². The number of amides is 1. The van der Waals surface area contributed by atoms with Crippen LogP contribution in [-0.4, -0.2) is 5.91 Å². The van der Waals surface area contributed by atoms with Gasteiger partial charge in [0, 0.05) is 15.6 Å². The van der Waals surface area contributed by atoms with Crippen molar-refractivity contribution in [2.45, 2.75) is 12.1 Å². The Hall–Kier alpha value is -2.33. The van der Waals surface area contributed by atoms with Gasteiger partial charge in [-0.15, -0.1) is 0 Å². The Labute approximate surface area is 162 Å². The minimum atomic E-state index is -0.559. The molecule has 3 aromatic carbocycles. The Morgan fingerprint density at radius 2 is 1.27 bits per heavy atom. The van der Waals surface area contributed by atoms with E-state index in [4.69, 9.17) is 28.9 Å². The molecule has 3 rings (SSSR count). The highest BCUT2D eigenvalue weighted by molar-refractivity contribution is 6.32. The Bertz CT molecular complexity index is 899. The maximum absolute atomic E-state index is 12.7. The van der Waals surface area contributed by atoms with Crippen LogP contribution in [0, 0.1) is 0 Å². The molecule has 0 saturated carbocycles. The van der Waals surface area contributed by atoms with E-state index in [0.29, 0.717) is 15.6 Å². The van der Waals surface area contributed by atoms with Crippen molar-refractivity contribution in [3.05, 3.63) is 106 Å². The van der Waals surface area contributed by atoms with Crippen LogP contribution in [0.1, 0.15) is 33.6 Å². The average Bonchev–Trinajstić information content (AvgIpc) is 2.67. The molecule has 26 heavy (non-hydrogen) atoms. The monoisotopic (exact) mass is 384 g/mol. The van der Waals surface area contributed by atoms with Gasteiger partial charge in [-0.2, -0.15) is 0 Å². The SMILES string of the molecule is N[C@H](c1ccccc1Cl)[C@@H](NC(=O)c1ccccc1)c1ccccc1Cl. The highest BCUT2D eigenvalue weighted by atomic mass is 35.5. The molecule has 3 aromatic rings. The number of carbonyl (C=O) groups is 1. The molecule has 0 aliphatic heterocycles. The normalized spacial score (nSPS) is 13.0. The molecule has 0 aliphatic carbocycles. The van der Waals surface area contributed by atoms with Gasteiger partial charge in [-0.1, -0.05) is 77.8 Å². The summed E-state index contributed by atoms with van der Waals surface area (Å²) in [5, 5.41) is 4.09. The van der Waals surface area contributed by atoms with Crippen LogP contribution in [0.2, 0.25) is 10.0 Å². The van der Waals surface area contributed by atoms with Crippen LogP contribution in [0.15, 0.2) is 78.9 Å². The smallest absolute Gasteiger partial charge is 0.251 e. The van der Waals surface area contributed by atoms with E-state index in [1.54, 1.807) is 24.3 Å². The Morgan fingerprint density at radius 3 is 1.85 bits per heavy atom. The number of hydrogen-bond acceptors (Lipinski definition) is 2. The van der Waals surface area contributed by atoms with Crippen molar-refractivity contribution in [3.63, 3.8) is 0 Å². The van der Waals surface area contributed by atoms with Gasteiger partial charge in [0.15, 0.2) is 0 Å². The third-order valence-corrected chi connectivity index (χ3v) is 4.87. The zero-order valence-electron chi connectivity index (χ0n) is 13.9. The largest absolute Gasteiger partial charge is 0.343 e. The maximum Gasteiger partial charge on any atom is 0.251 e. The number of rotatable bonds is 5. The second-order valence-corrected chi connectivity index (χ2v) is 6.70. The standard InChI is InChI=1S/C21H18Cl2N2O/c22-17-12-6-4-10-15(17)19(24)20(16-11-5-7-13-18(16)23)25-21(26)14-8-2-1-3-9-14/h1-13,19-20H,24H2,(H,25,26)/t19-,20+/m1/s1. The van der Waals surface area contributed by atoms with E-state index in [2.05, 4.69) is 5.32 Å². The fraction of sp³-hybridized carbons (Fsp3) is 0.0952. The number of nitrogens with one attached hydrogen (secondary N) is 1. The van der Waals surface area contributed by atoms with E-state index < -0.39 is 12.1 Å². The molecule has 1 amide bonds. The first kappa shape index (κ1) is 18.5. The van der Waals surface area contributed by atoms with Crippen molar-refractivity contribution >= 4 is 29.1 Å². The van der Waals surface area contributed by atoms with Gasteiger partial charge in [-0.3, -0.25) is 4.79 Å². The zero-order chi connectivity index (χ0) is 18.5. The van der Waals surface area contributed by atoms with E-state index in [-0.39, 0.29) is 5.91 Å². The van der Waals surface area contributed by atoms with Gasteiger partial charge in [-0.25, -0.2) is 0 Å². The lowest BCUT2D eigenvalue weighted by Crippen LogP contribution is -2.36. The van der Waals surface area contributed by atoms with Crippen LogP contribution < -0.4 is 11.1 Å². The number of hydrogen-bond donors (Lipinski definition) is 2. The molecule has 0 aliphatic rings. The maximum atomic E-state index is 12.7. The topological polar surface area (TPSA) is 55.1 Å². The number of nitrogens with two attached hydrogens (primary N) is 1. The average molecular weight is 385 g/mol. The molecule has 0 saturated heterocycles. The zero-order valence-corrected chi connectivity index (χ0v) is 15.4. The van der Waals surface area contributed by atoms with Crippen molar-refractivity contribution < 1.29 is 4.79 Å². The first-order chi connectivity index (χ1) is 12.6. The van der Waals surface area contributed by atoms with E-state index in [1.165, 1.54) is 0 Å². The predicted molar refractivity (Wildman–Crippen MR) is 106 cm³/mol. The van der Waals surface area contributed by atoms with Crippen molar-refractivity contribution in [1.82, 2.24) is 5.32 Å². The fourth-order valence-electron chi connectivity index (χ4n) is 2.83. The molecule has 0 aromatic heterocycles.